The van der Waals surface area contributed by atoms with Crippen LogP contribution in [0.2, 0.25) is 0 Å². The molecule has 0 spiro atoms. The first kappa shape index (κ1) is 31.6. The van der Waals surface area contributed by atoms with Crippen LogP contribution in [-0.2, 0) is 28.3 Å². The number of thiophene rings is 1. The van der Waals surface area contributed by atoms with Crippen LogP contribution >= 0.6 is 40.1 Å². The van der Waals surface area contributed by atoms with Gasteiger partial charge in [-0.15, -0.1) is 28.3 Å². The lowest BCUT2D eigenvalue weighted by Gasteiger charge is -2.58. The fourth-order valence-corrected chi connectivity index (χ4v) is 10.0. The van der Waals surface area contributed by atoms with Crippen LogP contribution in [0.1, 0.15) is 65.6 Å². The molecule has 3 atom stereocenters. The van der Waals surface area contributed by atoms with Crippen molar-refractivity contribution in [2.24, 2.45) is 5.92 Å². The summed E-state index contributed by atoms with van der Waals surface area (Å²) < 4.78 is 32.2. The Bertz CT molecular complexity index is 1560. The molecule has 2 bridgehead atoms. The molecule has 3 aromatic rings. The van der Waals surface area contributed by atoms with E-state index in [1.54, 1.807) is 35.6 Å². The quantitative estimate of drug-likeness (QED) is 0.302. The number of hydrogen-bond donors (Lipinski definition) is 1. The Balaban J connectivity index is 0.000000164. The summed E-state index contributed by atoms with van der Waals surface area (Å²) in [5.41, 5.74) is 5.85. The van der Waals surface area contributed by atoms with Gasteiger partial charge in [0.1, 0.15) is 5.75 Å². The zero-order valence-electron chi connectivity index (χ0n) is 24.4. The summed E-state index contributed by atoms with van der Waals surface area (Å²) >= 11 is 3.05. The van der Waals surface area contributed by atoms with Crippen molar-refractivity contribution in [1.29, 1.82) is 0 Å². The van der Waals surface area contributed by atoms with Crippen molar-refractivity contribution in [3.8, 4) is 5.75 Å². The lowest BCUT2D eigenvalue weighted by atomic mass is 9.52. The van der Waals surface area contributed by atoms with E-state index in [4.69, 9.17) is 4.74 Å². The van der Waals surface area contributed by atoms with Crippen molar-refractivity contribution >= 4 is 61.6 Å². The van der Waals surface area contributed by atoms with Gasteiger partial charge in [-0.05, 0) is 104 Å². The minimum atomic E-state index is -3.35. The third kappa shape index (κ3) is 6.20. The Kier molecular flexibility index (Phi) is 9.50. The van der Waals surface area contributed by atoms with Gasteiger partial charge in [0, 0.05) is 28.3 Å². The predicted molar refractivity (Wildman–Crippen MR) is 178 cm³/mol. The number of anilines is 1. The van der Waals surface area contributed by atoms with E-state index in [2.05, 4.69) is 34.9 Å². The zero-order valence-corrected chi connectivity index (χ0v) is 28.5. The number of piperidine rings is 1. The molecule has 7 rings (SSSR count). The van der Waals surface area contributed by atoms with Gasteiger partial charge in [0.15, 0.2) is 5.78 Å². The number of halogens is 1. The topological polar surface area (TPSA) is 75.7 Å². The van der Waals surface area contributed by atoms with E-state index >= 15 is 0 Å². The maximum atomic E-state index is 11.9. The third-order valence-electron chi connectivity index (χ3n) is 9.45. The maximum Gasteiger partial charge on any atom is 0.229 e. The van der Waals surface area contributed by atoms with Crippen molar-refractivity contribution in [1.82, 2.24) is 4.90 Å². The SMILES string of the molecule is Br.COc1ccc2c(c1)[C@@]13CCCC[C@@H]1[C@@H](C2)N(C)CC3.CS(=O)(=O)Nc1cc2c(cc1Sc1cccs1)C(=O)CC2. The first-order chi connectivity index (χ1) is 19.7. The highest BCUT2D eigenvalue weighted by Gasteiger charge is 2.53. The molecule has 0 unspecified atom stereocenters. The van der Waals surface area contributed by atoms with Crippen LogP contribution in [0, 0.1) is 5.92 Å². The number of nitrogens with one attached hydrogen (secondary N) is 1. The molecule has 1 saturated carbocycles. The fraction of sp³-hybridized carbons (Fsp3) is 0.469. The van der Waals surface area contributed by atoms with Crippen LogP contribution in [0.5, 0.6) is 5.75 Å². The Morgan fingerprint density at radius 3 is 2.67 bits per heavy atom. The van der Waals surface area contributed by atoms with Crippen LogP contribution in [-0.4, -0.2) is 52.1 Å². The van der Waals surface area contributed by atoms with E-state index in [9.17, 15) is 13.2 Å². The van der Waals surface area contributed by atoms with Gasteiger partial charge in [0.05, 0.1) is 23.3 Å². The molecular formula is C32H39BrN2O4S3. The molecule has 6 nitrogen and oxygen atoms in total. The molecule has 2 aromatic carbocycles. The number of carbonyl (C=O) groups excluding carboxylic acids is 1. The average Bonchev–Trinajstić information content (AvgIpc) is 3.60. The Morgan fingerprint density at radius 2 is 1.93 bits per heavy atom. The fourth-order valence-electron chi connectivity index (χ4n) is 7.57. The number of nitrogens with zero attached hydrogens (tertiary/aromatic N) is 1. The largest absolute Gasteiger partial charge is 0.497 e. The van der Waals surface area contributed by atoms with Gasteiger partial charge in [-0.2, -0.15) is 0 Å². The Labute approximate surface area is 268 Å². The summed E-state index contributed by atoms with van der Waals surface area (Å²) in [6, 6.07) is 15.1. The summed E-state index contributed by atoms with van der Waals surface area (Å²) in [5.74, 6) is 2.04. The lowest BCUT2D eigenvalue weighted by molar-refractivity contribution is 0.00274. The molecule has 1 aromatic heterocycles. The normalized spacial score (nSPS) is 24.3. The second kappa shape index (κ2) is 12.6. The number of rotatable bonds is 5. The molecule has 42 heavy (non-hydrogen) atoms. The van der Waals surface area contributed by atoms with Gasteiger partial charge in [0.25, 0.3) is 0 Å². The molecule has 1 saturated heterocycles. The average molecular weight is 692 g/mol. The van der Waals surface area contributed by atoms with Crippen molar-refractivity contribution in [3.05, 3.63) is 70.1 Å². The Morgan fingerprint density at radius 1 is 1.10 bits per heavy atom. The van der Waals surface area contributed by atoms with E-state index < -0.39 is 10.0 Å². The molecule has 10 heteroatoms. The lowest BCUT2D eigenvalue weighted by Crippen LogP contribution is -2.59. The van der Waals surface area contributed by atoms with Crippen LogP contribution < -0.4 is 9.46 Å². The zero-order chi connectivity index (χ0) is 28.8. The van der Waals surface area contributed by atoms with E-state index in [0.717, 1.165) is 38.6 Å². The smallest absolute Gasteiger partial charge is 0.229 e. The minimum absolute atomic E-state index is 0. The highest BCUT2D eigenvalue weighted by Crippen LogP contribution is 2.56. The maximum absolute atomic E-state index is 11.9. The van der Waals surface area contributed by atoms with Gasteiger partial charge in [-0.3, -0.25) is 9.52 Å². The first-order valence-electron chi connectivity index (χ1n) is 14.4. The Hall–Kier alpha value is -1.85. The molecule has 0 amide bonds. The molecule has 1 N–H and O–H groups in total. The molecule has 2 fully saturated rings. The molecular weight excluding hydrogens is 652 g/mol. The number of sulfonamides is 1. The monoisotopic (exact) mass is 690 g/mol. The second-order valence-corrected chi connectivity index (χ2v) is 15.9. The molecule has 2 heterocycles. The third-order valence-corrected chi connectivity index (χ3v) is 12.1. The van der Waals surface area contributed by atoms with E-state index in [-0.39, 0.29) is 22.8 Å². The van der Waals surface area contributed by atoms with E-state index in [0.29, 0.717) is 29.5 Å². The number of likely N-dealkylation sites (tertiary alicyclic amines) is 1. The highest BCUT2D eigenvalue weighted by atomic mass is 79.9. The van der Waals surface area contributed by atoms with Gasteiger partial charge in [-0.1, -0.05) is 36.7 Å². The summed E-state index contributed by atoms with van der Waals surface area (Å²) in [6.45, 7) is 1.26. The predicted octanol–water partition coefficient (Wildman–Crippen LogP) is 7.36. The summed E-state index contributed by atoms with van der Waals surface area (Å²) in [7, 11) is 0.766. The number of benzene rings is 2. The number of methoxy groups -OCH3 is 1. The summed E-state index contributed by atoms with van der Waals surface area (Å²) in [4.78, 5) is 15.3. The number of ether oxygens (including phenoxy) is 1. The van der Waals surface area contributed by atoms with Gasteiger partial charge < -0.3 is 9.64 Å². The van der Waals surface area contributed by atoms with Crippen LogP contribution in [0.3, 0.4) is 0 Å². The number of likely N-dealkylation sites (N-methyl/N-ethyl adjacent to an activating group) is 1. The van der Waals surface area contributed by atoms with Crippen LogP contribution in [0.4, 0.5) is 5.69 Å². The van der Waals surface area contributed by atoms with Crippen LogP contribution in [0.25, 0.3) is 0 Å². The first-order valence-corrected chi connectivity index (χ1v) is 18.0. The van der Waals surface area contributed by atoms with Gasteiger partial charge in [0.2, 0.25) is 10.0 Å². The number of aryl methyl sites for hydroxylation is 1. The number of Topliss-reactive ketones (excluding diaryl/α,β-unsaturated/α-hetero) is 1. The molecule has 3 aliphatic carbocycles. The molecule has 4 aliphatic rings. The van der Waals surface area contributed by atoms with Crippen molar-refractivity contribution < 1.29 is 17.9 Å². The number of hydrogen-bond acceptors (Lipinski definition) is 7. The van der Waals surface area contributed by atoms with Crippen molar-refractivity contribution in [3.63, 3.8) is 0 Å². The summed E-state index contributed by atoms with van der Waals surface area (Å²) in [5, 5.41) is 1.96. The van der Waals surface area contributed by atoms with Gasteiger partial charge >= 0.3 is 0 Å². The molecule has 0 radical (unpaired) electrons. The summed E-state index contributed by atoms with van der Waals surface area (Å²) in [6.07, 6.45) is 10.5. The number of carbonyl (C=O) groups is 1. The minimum Gasteiger partial charge on any atom is -0.497 e. The highest BCUT2D eigenvalue weighted by molar-refractivity contribution is 8.93. The molecule has 226 valence electrons. The second-order valence-electron chi connectivity index (χ2n) is 11.9. The van der Waals surface area contributed by atoms with E-state index in [1.165, 1.54) is 56.8 Å². The number of fused-ring (bicyclic) bond motifs is 2. The number of ketones is 1. The van der Waals surface area contributed by atoms with Crippen LogP contribution in [0.15, 0.2) is 56.9 Å². The van der Waals surface area contributed by atoms with E-state index in [1.807, 2.05) is 23.6 Å². The van der Waals surface area contributed by atoms with Crippen molar-refractivity contribution in [2.75, 3.05) is 31.7 Å². The van der Waals surface area contributed by atoms with Crippen molar-refractivity contribution in [2.45, 2.75) is 71.9 Å². The van der Waals surface area contributed by atoms with Gasteiger partial charge in [-0.25, -0.2) is 8.42 Å². The standard InChI is InChI=1S/C18H25NO.C14H13NO3S3.BrH/c1-19-10-9-18-8-4-3-5-15(18)17(19)11-13-6-7-14(20-2)12-16(13)18;1-21(17,18)15-11-7-9-4-5-12(16)10(9)8-13(11)20-14-3-2-6-19-14;/h6-7,12,15,17H,3-5,8-11H2,1-2H3;2-3,6-8,15H,4-5H2,1H3;1H/t15-,17-,18-;;/m1../s1. The molecule has 1 aliphatic heterocycles.